The molecule has 8 heteroatoms. The third-order valence-corrected chi connectivity index (χ3v) is 3.19. The quantitative estimate of drug-likeness (QED) is 0.638. The van der Waals surface area contributed by atoms with E-state index in [0.29, 0.717) is 0 Å². The van der Waals surface area contributed by atoms with E-state index in [2.05, 4.69) is 10.6 Å². The van der Waals surface area contributed by atoms with Crippen LogP contribution >= 0.6 is 0 Å². The molecule has 0 radical (unpaired) electrons. The molecule has 0 heterocycles. The number of esters is 1. The highest BCUT2D eigenvalue weighted by molar-refractivity contribution is 5.87. The van der Waals surface area contributed by atoms with Crippen molar-refractivity contribution in [1.29, 1.82) is 0 Å². The van der Waals surface area contributed by atoms with Crippen LogP contribution in [0, 0.1) is 0 Å². The molecule has 1 rings (SSSR count). The monoisotopic (exact) mass is 394 g/mol. The number of amides is 2. The number of phenols is 1. The van der Waals surface area contributed by atoms with Gasteiger partial charge < -0.3 is 25.2 Å². The Bertz CT molecular complexity index is 686. The molecule has 0 aliphatic carbocycles. The lowest BCUT2D eigenvalue weighted by Gasteiger charge is -2.25. The molecule has 0 aliphatic rings. The predicted octanol–water partition coefficient (Wildman–Crippen LogP) is 2.29. The van der Waals surface area contributed by atoms with Crippen LogP contribution in [0.15, 0.2) is 24.3 Å². The molecule has 0 fully saturated rings. The number of ether oxygens (including phenoxy) is 2. The molecule has 1 aromatic rings. The van der Waals surface area contributed by atoms with Crippen molar-refractivity contribution in [2.24, 2.45) is 0 Å². The fourth-order valence-electron chi connectivity index (χ4n) is 2.15. The number of aromatic hydroxyl groups is 1. The van der Waals surface area contributed by atoms with Crippen molar-refractivity contribution in [2.75, 3.05) is 6.54 Å². The van der Waals surface area contributed by atoms with Gasteiger partial charge in [0.1, 0.15) is 29.5 Å². The first-order valence-corrected chi connectivity index (χ1v) is 9.02. The number of alkyl carbamates (subject to hydrolysis) is 1. The summed E-state index contributed by atoms with van der Waals surface area (Å²) in [7, 11) is 0. The molecular weight excluding hydrogens is 364 g/mol. The van der Waals surface area contributed by atoms with Gasteiger partial charge in [0.25, 0.3) is 0 Å². The summed E-state index contributed by atoms with van der Waals surface area (Å²) in [5.41, 5.74) is -0.670. The molecule has 28 heavy (non-hydrogen) atoms. The summed E-state index contributed by atoms with van der Waals surface area (Å²) in [6.45, 7) is 9.98. The van der Waals surface area contributed by atoms with Crippen molar-refractivity contribution < 1.29 is 29.0 Å². The van der Waals surface area contributed by atoms with Gasteiger partial charge in [0.05, 0.1) is 0 Å². The van der Waals surface area contributed by atoms with Gasteiger partial charge in [-0.25, -0.2) is 9.59 Å². The lowest BCUT2D eigenvalue weighted by Crippen LogP contribution is -2.49. The van der Waals surface area contributed by atoms with Crippen LogP contribution in [0.25, 0.3) is 0 Å². The summed E-state index contributed by atoms with van der Waals surface area (Å²) in [6, 6.07) is 5.34. The summed E-state index contributed by atoms with van der Waals surface area (Å²) < 4.78 is 10.4. The highest BCUT2D eigenvalue weighted by Crippen LogP contribution is 2.14. The van der Waals surface area contributed by atoms with Crippen molar-refractivity contribution in [2.45, 2.75) is 65.2 Å². The summed E-state index contributed by atoms with van der Waals surface area (Å²) in [5.74, 6) is -1.05. The van der Waals surface area contributed by atoms with Crippen molar-refractivity contribution >= 4 is 18.0 Å². The average Bonchev–Trinajstić information content (AvgIpc) is 2.51. The molecule has 0 saturated carbocycles. The lowest BCUT2D eigenvalue weighted by molar-refractivity contribution is -0.158. The zero-order chi connectivity index (χ0) is 21.5. The predicted molar refractivity (Wildman–Crippen MR) is 104 cm³/mol. The number of hydrogen-bond acceptors (Lipinski definition) is 6. The van der Waals surface area contributed by atoms with E-state index in [1.807, 2.05) is 0 Å². The van der Waals surface area contributed by atoms with Gasteiger partial charge in [-0.15, -0.1) is 0 Å². The molecule has 3 N–H and O–H groups in total. The number of benzene rings is 1. The summed E-state index contributed by atoms with van der Waals surface area (Å²) in [6.07, 6.45) is -0.553. The van der Waals surface area contributed by atoms with E-state index >= 15 is 0 Å². The fourth-order valence-corrected chi connectivity index (χ4v) is 2.15. The Morgan fingerprint density at radius 1 is 0.964 bits per heavy atom. The standard InChI is InChI=1S/C20H30N2O6/c1-19(2,3)27-17(25)15(11-13-7-9-14(23)10-8-13)22-16(24)12-21-18(26)28-20(4,5)6/h7-10,15,23H,11-12H2,1-6H3,(H,21,26)(H,22,24)/t15-/m0/s1. The van der Waals surface area contributed by atoms with Gasteiger partial charge in [-0.3, -0.25) is 4.79 Å². The SMILES string of the molecule is CC(C)(C)OC(=O)NCC(=O)N[C@@H](Cc1ccc(O)cc1)C(=O)OC(C)(C)C. The molecule has 8 nitrogen and oxygen atoms in total. The molecule has 1 atom stereocenters. The molecule has 0 aliphatic heterocycles. The van der Waals surface area contributed by atoms with Crippen molar-refractivity contribution in [3.8, 4) is 5.75 Å². The fraction of sp³-hybridized carbons (Fsp3) is 0.550. The molecule has 156 valence electrons. The van der Waals surface area contributed by atoms with Gasteiger partial charge in [-0.05, 0) is 59.2 Å². The maximum absolute atomic E-state index is 12.5. The van der Waals surface area contributed by atoms with Crippen LogP contribution in [0.4, 0.5) is 4.79 Å². The van der Waals surface area contributed by atoms with E-state index < -0.39 is 35.2 Å². The minimum absolute atomic E-state index is 0.100. The second-order valence-corrected chi connectivity index (χ2v) is 8.38. The number of nitrogens with one attached hydrogen (secondary N) is 2. The second-order valence-electron chi connectivity index (χ2n) is 8.38. The normalized spacial score (nSPS) is 12.6. The van der Waals surface area contributed by atoms with Gasteiger partial charge in [-0.2, -0.15) is 0 Å². The van der Waals surface area contributed by atoms with E-state index in [-0.39, 0.29) is 18.7 Å². The van der Waals surface area contributed by atoms with Crippen LogP contribution in [-0.2, 0) is 25.5 Å². The minimum Gasteiger partial charge on any atom is -0.508 e. The average molecular weight is 394 g/mol. The molecule has 1 aromatic carbocycles. The van der Waals surface area contributed by atoms with Crippen LogP contribution in [0.5, 0.6) is 5.75 Å². The lowest BCUT2D eigenvalue weighted by atomic mass is 10.1. The highest BCUT2D eigenvalue weighted by atomic mass is 16.6. The Morgan fingerprint density at radius 3 is 2.00 bits per heavy atom. The van der Waals surface area contributed by atoms with Crippen molar-refractivity contribution in [3.05, 3.63) is 29.8 Å². The number of phenolic OH excluding ortho intramolecular Hbond substituents is 1. The Kier molecular flexibility index (Phi) is 7.84. The van der Waals surface area contributed by atoms with Crippen molar-refractivity contribution in [1.82, 2.24) is 10.6 Å². The van der Waals surface area contributed by atoms with E-state index in [4.69, 9.17) is 9.47 Å². The van der Waals surface area contributed by atoms with Crippen LogP contribution in [0.3, 0.4) is 0 Å². The number of hydrogen-bond donors (Lipinski definition) is 3. The van der Waals surface area contributed by atoms with Crippen LogP contribution in [-0.4, -0.2) is 46.9 Å². The summed E-state index contributed by atoms with van der Waals surface area (Å²) in [4.78, 5) is 36.4. The smallest absolute Gasteiger partial charge is 0.408 e. The second kappa shape index (κ2) is 9.43. The van der Waals surface area contributed by atoms with E-state index in [1.54, 1.807) is 53.7 Å². The third kappa shape index (κ3) is 9.80. The molecule has 0 spiro atoms. The Morgan fingerprint density at radius 2 is 1.50 bits per heavy atom. The maximum Gasteiger partial charge on any atom is 0.408 e. The largest absolute Gasteiger partial charge is 0.508 e. The van der Waals surface area contributed by atoms with Gasteiger partial charge in [0, 0.05) is 6.42 Å². The summed E-state index contributed by atoms with van der Waals surface area (Å²) in [5, 5.41) is 14.3. The maximum atomic E-state index is 12.5. The topological polar surface area (TPSA) is 114 Å². The Labute approximate surface area is 165 Å². The first-order chi connectivity index (χ1) is 12.7. The molecule has 2 amide bonds. The van der Waals surface area contributed by atoms with Crippen LogP contribution in [0.1, 0.15) is 47.1 Å². The minimum atomic E-state index is -0.947. The number of carbonyl (C=O) groups excluding carboxylic acids is 3. The molecular formula is C20H30N2O6. The van der Waals surface area contributed by atoms with E-state index in [0.717, 1.165) is 5.56 Å². The zero-order valence-electron chi connectivity index (χ0n) is 17.3. The third-order valence-electron chi connectivity index (χ3n) is 3.19. The Hall–Kier alpha value is -2.77. The first kappa shape index (κ1) is 23.3. The summed E-state index contributed by atoms with van der Waals surface area (Å²) >= 11 is 0. The zero-order valence-corrected chi connectivity index (χ0v) is 17.3. The van der Waals surface area contributed by atoms with E-state index in [9.17, 15) is 19.5 Å². The van der Waals surface area contributed by atoms with E-state index in [1.165, 1.54) is 12.1 Å². The number of carbonyl (C=O) groups is 3. The first-order valence-electron chi connectivity index (χ1n) is 9.02. The number of rotatable bonds is 6. The molecule has 0 bridgehead atoms. The highest BCUT2D eigenvalue weighted by Gasteiger charge is 2.27. The Balaban J connectivity index is 2.75. The van der Waals surface area contributed by atoms with Gasteiger partial charge in [-0.1, -0.05) is 12.1 Å². The van der Waals surface area contributed by atoms with Crippen molar-refractivity contribution in [3.63, 3.8) is 0 Å². The van der Waals surface area contributed by atoms with Gasteiger partial charge in [0.15, 0.2) is 0 Å². The van der Waals surface area contributed by atoms with Crippen LogP contribution in [0.2, 0.25) is 0 Å². The molecule has 0 aromatic heterocycles. The molecule has 0 saturated heterocycles. The molecule has 0 unspecified atom stereocenters. The van der Waals surface area contributed by atoms with Gasteiger partial charge >= 0.3 is 12.1 Å². The van der Waals surface area contributed by atoms with Crippen LogP contribution < -0.4 is 10.6 Å². The van der Waals surface area contributed by atoms with Gasteiger partial charge in [0.2, 0.25) is 5.91 Å².